The van der Waals surface area contributed by atoms with E-state index >= 15 is 0 Å². The lowest BCUT2D eigenvalue weighted by Crippen LogP contribution is -2.23. The number of aromatic carboxylic acids is 1. The Morgan fingerprint density at radius 1 is 0.857 bits per heavy atom. The molecular formula is C34H24F2N2O3S. The van der Waals surface area contributed by atoms with Gasteiger partial charge in [-0.2, -0.15) is 4.37 Å². The molecule has 5 nitrogen and oxygen atoms in total. The summed E-state index contributed by atoms with van der Waals surface area (Å²) in [6.07, 6.45) is 0. The maximum atomic E-state index is 14.1. The van der Waals surface area contributed by atoms with E-state index in [9.17, 15) is 18.4 Å². The molecule has 1 heterocycles. The Morgan fingerprint density at radius 3 is 2.36 bits per heavy atom. The SMILES string of the molecule is C[C@H](c1ccc2ccccc2c1)c1nsc2cc(-c3ccc(F)c(F)c3)cc(C(=O)NCc3ccc(C(=O)O)cc3)c12. The van der Waals surface area contributed by atoms with Gasteiger partial charge >= 0.3 is 5.97 Å². The summed E-state index contributed by atoms with van der Waals surface area (Å²) in [7, 11) is 0. The number of halogens is 2. The number of carbonyl (C=O) groups is 2. The van der Waals surface area contributed by atoms with Crippen LogP contribution in [0.25, 0.3) is 32.0 Å². The molecule has 208 valence electrons. The van der Waals surface area contributed by atoms with Gasteiger partial charge in [0, 0.05) is 17.8 Å². The molecule has 2 N–H and O–H groups in total. The Morgan fingerprint density at radius 2 is 1.62 bits per heavy atom. The fraction of sp³-hybridized carbons (Fsp3) is 0.0882. The quantitative estimate of drug-likeness (QED) is 0.200. The van der Waals surface area contributed by atoms with E-state index in [1.54, 1.807) is 18.2 Å². The first-order valence-electron chi connectivity index (χ1n) is 13.3. The second-order valence-electron chi connectivity index (χ2n) is 10.1. The standard InChI is InChI=1S/C34H24F2N2O3S/c1-19(23-11-10-21-4-2-3-5-24(21)14-23)32-31-27(33(39)37-18-20-6-8-22(9-7-20)34(40)41)15-26(17-30(31)42-38-32)25-12-13-28(35)29(36)16-25/h2-17,19H,18H2,1H3,(H,37,39)(H,40,41)/t19-/m1/s1. The summed E-state index contributed by atoms with van der Waals surface area (Å²) in [5.74, 6) is -3.44. The highest BCUT2D eigenvalue weighted by Gasteiger charge is 2.23. The van der Waals surface area contributed by atoms with Crippen LogP contribution < -0.4 is 5.32 Å². The minimum Gasteiger partial charge on any atom is -0.478 e. The topological polar surface area (TPSA) is 79.3 Å². The molecule has 0 radical (unpaired) electrons. The van der Waals surface area contributed by atoms with Crippen molar-refractivity contribution in [1.29, 1.82) is 0 Å². The monoisotopic (exact) mass is 578 g/mol. The summed E-state index contributed by atoms with van der Waals surface area (Å²) in [6.45, 7) is 2.22. The van der Waals surface area contributed by atoms with Crippen LogP contribution >= 0.6 is 11.5 Å². The summed E-state index contributed by atoms with van der Waals surface area (Å²) in [4.78, 5) is 24.9. The predicted molar refractivity (Wildman–Crippen MR) is 161 cm³/mol. The molecule has 6 rings (SSSR count). The van der Waals surface area contributed by atoms with Gasteiger partial charge in [0.05, 0.1) is 21.5 Å². The molecule has 0 saturated heterocycles. The van der Waals surface area contributed by atoms with Gasteiger partial charge in [-0.05, 0) is 81.0 Å². The Bertz CT molecular complexity index is 1990. The molecule has 0 aliphatic heterocycles. The average Bonchev–Trinajstić information content (AvgIpc) is 3.44. The number of nitrogens with zero attached hydrogens (tertiary/aromatic N) is 1. The fourth-order valence-electron chi connectivity index (χ4n) is 5.09. The number of fused-ring (bicyclic) bond motifs is 2. The minimum absolute atomic E-state index is 0.132. The van der Waals surface area contributed by atoms with E-state index in [1.807, 2.05) is 25.1 Å². The van der Waals surface area contributed by atoms with E-state index in [4.69, 9.17) is 9.48 Å². The number of carboxylic acids is 1. The molecule has 0 fully saturated rings. The first kappa shape index (κ1) is 27.2. The van der Waals surface area contributed by atoms with Crippen LogP contribution in [0.15, 0.2) is 97.1 Å². The molecule has 1 atom stereocenters. The molecule has 5 aromatic carbocycles. The Labute approximate surface area is 244 Å². The summed E-state index contributed by atoms with van der Waals surface area (Å²) in [6, 6.07) is 27.8. The minimum atomic E-state index is -1.03. The summed E-state index contributed by atoms with van der Waals surface area (Å²) < 4.78 is 33.3. The lowest BCUT2D eigenvalue weighted by molar-refractivity contribution is 0.0696. The fourth-order valence-corrected chi connectivity index (χ4v) is 6.02. The van der Waals surface area contributed by atoms with Crippen molar-refractivity contribution in [2.45, 2.75) is 19.4 Å². The maximum absolute atomic E-state index is 14.1. The number of carboxylic acid groups (broad SMARTS) is 1. The molecule has 0 aliphatic carbocycles. The van der Waals surface area contributed by atoms with Crippen molar-refractivity contribution in [3.63, 3.8) is 0 Å². The van der Waals surface area contributed by atoms with Gasteiger partial charge in [0.2, 0.25) is 0 Å². The van der Waals surface area contributed by atoms with Crippen LogP contribution in [0.1, 0.15) is 50.4 Å². The van der Waals surface area contributed by atoms with Crippen molar-refractivity contribution in [2.24, 2.45) is 0 Å². The molecule has 1 aromatic heterocycles. The number of benzene rings is 5. The van der Waals surface area contributed by atoms with Crippen LogP contribution in [-0.4, -0.2) is 21.4 Å². The summed E-state index contributed by atoms with van der Waals surface area (Å²) in [5, 5.41) is 15.0. The number of carbonyl (C=O) groups excluding carboxylic acids is 1. The van der Waals surface area contributed by atoms with Gasteiger partial charge in [-0.3, -0.25) is 4.79 Å². The number of amides is 1. The van der Waals surface area contributed by atoms with Crippen molar-refractivity contribution in [1.82, 2.24) is 9.69 Å². The van der Waals surface area contributed by atoms with Crippen LogP contribution in [0.3, 0.4) is 0 Å². The number of rotatable bonds is 7. The molecule has 6 aromatic rings. The highest BCUT2D eigenvalue weighted by atomic mass is 32.1. The van der Waals surface area contributed by atoms with Gasteiger partial charge in [0.1, 0.15) is 0 Å². The zero-order valence-electron chi connectivity index (χ0n) is 22.4. The van der Waals surface area contributed by atoms with Crippen LogP contribution in [0.4, 0.5) is 8.78 Å². The first-order chi connectivity index (χ1) is 20.3. The van der Waals surface area contributed by atoms with E-state index in [2.05, 4.69) is 35.6 Å². The molecule has 0 unspecified atom stereocenters. The molecular weight excluding hydrogens is 554 g/mol. The Hall–Kier alpha value is -4.95. The van der Waals surface area contributed by atoms with Gasteiger partial charge in [-0.15, -0.1) is 0 Å². The van der Waals surface area contributed by atoms with Crippen LogP contribution in [-0.2, 0) is 6.54 Å². The van der Waals surface area contributed by atoms with E-state index in [0.717, 1.165) is 44.4 Å². The number of hydrogen-bond acceptors (Lipinski definition) is 4. The summed E-state index contributed by atoms with van der Waals surface area (Å²) >= 11 is 1.25. The number of aromatic nitrogens is 1. The normalized spacial score (nSPS) is 12.0. The van der Waals surface area contributed by atoms with E-state index in [1.165, 1.54) is 29.7 Å². The molecule has 0 bridgehead atoms. The van der Waals surface area contributed by atoms with Gasteiger partial charge in [-0.1, -0.05) is 67.6 Å². The van der Waals surface area contributed by atoms with E-state index in [-0.39, 0.29) is 23.9 Å². The lowest BCUT2D eigenvalue weighted by atomic mass is 9.91. The lowest BCUT2D eigenvalue weighted by Gasteiger charge is -2.14. The first-order valence-corrected chi connectivity index (χ1v) is 14.0. The largest absolute Gasteiger partial charge is 0.478 e. The van der Waals surface area contributed by atoms with Gasteiger partial charge in [-0.25, -0.2) is 13.6 Å². The third-order valence-electron chi connectivity index (χ3n) is 7.44. The third kappa shape index (κ3) is 5.24. The van der Waals surface area contributed by atoms with Crippen LogP contribution in [0, 0.1) is 11.6 Å². The highest BCUT2D eigenvalue weighted by Crippen LogP contribution is 2.38. The predicted octanol–water partition coefficient (Wildman–Crippen LogP) is 8.17. The maximum Gasteiger partial charge on any atom is 0.335 e. The number of hydrogen-bond donors (Lipinski definition) is 2. The molecule has 0 aliphatic rings. The van der Waals surface area contributed by atoms with Crippen LogP contribution in [0.5, 0.6) is 0 Å². The molecule has 0 saturated carbocycles. The Kier molecular flexibility index (Phi) is 7.22. The van der Waals surface area contributed by atoms with Crippen molar-refractivity contribution in [3.05, 3.63) is 137 Å². The van der Waals surface area contributed by atoms with Crippen LogP contribution in [0.2, 0.25) is 0 Å². The van der Waals surface area contributed by atoms with Crippen molar-refractivity contribution >= 4 is 44.3 Å². The number of nitrogens with one attached hydrogen (secondary N) is 1. The third-order valence-corrected chi connectivity index (χ3v) is 8.24. The van der Waals surface area contributed by atoms with Gasteiger partial charge in [0.15, 0.2) is 11.6 Å². The second kappa shape index (κ2) is 11.1. The van der Waals surface area contributed by atoms with Crippen molar-refractivity contribution < 1.29 is 23.5 Å². The smallest absolute Gasteiger partial charge is 0.335 e. The van der Waals surface area contributed by atoms with E-state index in [0.29, 0.717) is 22.1 Å². The molecule has 8 heteroatoms. The Balaban J connectivity index is 1.42. The zero-order chi connectivity index (χ0) is 29.4. The van der Waals surface area contributed by atoms with Crippen molar-refractivity contribution in [3.8, 4) is 11.1 Å². The van der Waals surface area contributed by atoms with Gasteiger partial charge in [0.25, 0.3) is 5.91 Å². The zero-order valence-corrected chi connectivity index (χ0v) is 23.2. The summed E-state index contributed by atoms with van der Waals surface area (Å²) in [5.41, 5.74) is 4.05. The molecule has 42 heavy (non-hydrogen) atoms. The molecule has 0 spiro atoms. The van der Waals surface area contributed by atoms with Gasteiger partial charge < -0.3 is 10.4 Å². The average molecular weight is 579 g/mol. The second-order valence-corrected chi connectivity index (χ2v) is 10.9. The highest BCUT2D eigenvalue weighted by molar-refractivity contribution is 7.13. The van der Waals surface area contributed by atoms with E-state index < -0.39 is 17.6 Å². The van der Waals surface area contributed by atoms with Crippen molar-refractivity contribution in [2.75, 3.05) is 0 Å². The molecule has 1 amide bonds.